The maximum atomic E-state index is 13.6. The number of methoxy groups -OCH3 is 1. The lowest BCUT2D eigenvalue weighted by atomic mass is 9.94. The lowest BCUT2D eigenvalue weighted by Gasteiger charge is -2.29. The Kier molecular flexibility index (Phi) is 7.29. The van der Waals surface area contributed by atoms with Gasteiger partial charge in [0.25, 0.3) is 11.7 Å². The molecule has 0 saturated carbocycles. The van der Waals surface area contributed by atoms with Gasteiger partial charge in [-0.25, -0.2) is 4.39 Å². The van der Waals surface area contributed by atoms with Crippen molar-refractivity contribution in [2.24, 2.45) is 0 Å². The van der Waals surface area contributed by atoms with Crippen LogP contribution in [0.4, 0.5) is 4.39 Å². The van der Waals surface area contributed by atoms with Crippen LogP contribution < -0.4 is 4.74 Å². The Morgan fingerprint density at radius 2 is 1.82 bits per heavy atom. The summed E-state index contributed by atoms with van der Waals surface area (Å²) in [5, 5.41) is 11.2. The molecule has 2 aromatic carbocycles. The highest BCUT2D eigenvalue weighted by Crippen LogP contribution is 2.40. The highest BCUT2D eigenvalue weighted by molar-refractivity contribution is 6.46. The Hall–Kier alpha value is -3.23. The maximum absolute atomic E-state index is 13.6. The van der Waals surface area contributed by atoms with Crippen molar-refractivity contribution >= 4 is 17.4 Å². The predicted molar refractivity (Wildman–Crippen MR) is 125 cm³/mol. The fourth-order valence-corrected chi connectivity index (χ4v) is 4.57. The predicted octanol–water partition coefficient (Wildman–Crippen LogP) is 3.29. The largest absolute Gasteiger partial charge is 0.507 e. The molecule has 180 valence electrons. The average Bonchev–Trinajstić information content (AvgIpc) is 3.09. The molecule has 7 nitrogen and oxygen atoms in total. The van der Waals surface area contributed by atoms with E-state index >= 15 is 0 Å². The van der Waals surface area contributed by atoms with Gasteiger partial charge >= 0.3 is 0 Å². The Morgan fingerprint density at radius 3 is 2.47 bits per heavy atom. The Labute approximate surface area is 198 Å². The van der Waals surface area contributed by atoms with Crippen LogP contribution in [0.25, 0.3) is 5.76 Å². The minimum absolute atomic E-state index is 0.00699. The number of Topliss-reactive ketones (excluding diaryl/α,β-unsaturated/α-hetero) is 1. The first-order valence-electron chi connectivity index (χ1n) is 11.4. The van der Waals surface area contributed by atoms with Crippen molar-refractivity contribution in [2.75, 3.05) is 46.5 Å². The van der Waals surface area contributed by atoms with E-state index in [0.717, 1.165) is 25.2 Å². The zero-order valence-corrected chi connectivity index (χ0v) is 19.4. The van der Waals surface area contributed by atoms with Crippen LogP contribution in [0.2, 0.25) is 0 Å². The van der Waals surface area contributed by atoms with Gasteiger partial charge in [-0.3, -0.25) is 14.5 Å². The Balaban J connectivity index is 1.68. The molecule has 0 bridgehead atoms. The van der Waals surface area contributed by atoms with Gasteiger partial charge in [-0.1, -0.05) is 12.1 Å². The van der Waals surface area contributed by atoms with Crippen molar-refractivity contribution in [3.63, 3.8) is 0 Å². The number of benzene rings is 2. The van der Waals surface area contributed by atoms with E-state index in [1.54, 1.807) is 37.4 Å². The first-order valence-corrected chi connectivity index (χ1v) is 11.4. The van der Waals surface area contributed by atoms with Gasteiger partial charge < -0.3 is 19.5 Å². The van der Waals surface area contributed by atoms with E-state index in [1.807, 2.05) is 6.92 Å². The normalized spacial score (nSPS) is 20.7. The molecule has 0 radical (unpaired) electrons. The van der Waals surface area contributed by atoms with Crippen molar-refractivity contribution in [3.8, 4) is 5.75 Å². The van der Waals surface area contributed by atoms with Crippen LogP contribution in [0.5, 0.6) is 5.75 Å². The van der Waals surface area contributed by atoms with Gasteiger partial charge in [-0.2, -0.15) is 0 Å². The summed E-state index contributed by atoms with van der Waals surface area (Å²) in [5.74, 6) is -1.43. The third kappa shape index (κ3) is 4.83. The minimum atomic E-state index is -0.798. The molecule has 0 aliphatic carbocycles. The average molecular weight is 469 g/mol. The van der Waals surface area contributed by atoms with Crippen LogP contribution in [0, 0.1) is 12.7 Å². The van der Waals surface area contributed by atoms with Gasteiger partial charge in [0.15, 0.2) is 0 Å². The molecular weight excluding hydrogens is 439 g/mol. The molecule has 2 aliphatic rings. The SMILES string of the molecule is COc1ccc(C(O)=C2C(=O)C(=O)N(CCCN3CCOCC3)[C@@H]2c2ccc(F)cc2)cc1C. The summed E-state index contributed by atoms with van der Waals surface area (Å²) >= 11 is 0. The first-order chi connectivity index (χ1) is 16.4. The maximum Gasteiger partial charge on any atom is 0.295 e. The van der Waals surface area contributed by atoms with Crippen LogP contribution in [-0.2, 0) is 14.3 Å². The molecule has 1 amide bonds. The van der Waals surface area contributed by atoms with E-state index in [2.05, 4.69) is 4.90 Å². The number of carbonyl (C=O) groups excluding carboxylic acids is 2. The second kappa shape index (κ2) is 10.4. The van der Waals surface area contributed by atoms with Gasteiger partial charge in [0.2, 0.25) is 0 Å². The van der Waals surface area contributed by atoms with E-state index in [4.69, 9.17) is 9.47 Å². The van der Waals surface area contributed by atoms with E-state index in [1.165, 1.54) is 17.0 Å². The molecule has 0 aromatic heterocycles. The number of amides is 1. The molecule has 2 aliphatic heterocycles. The second-order valence-electron chi connectivity index (χ2n) is 8.54. The number of likely N-dealkylation sites (tertiary alicyclic amines) is 1. The Bertz CT molecular complexity index is 1090. The van der Waals surface area contributed by atoms with Crippen molar-refractivity contribution < 1.29 is 28.6 Å². The minimum Gasteiger partial charge on any atom is -0.507 e. The zero-order valence-electron chi connectivity index (χ0n) is 19.4. The smallest absolute Gasteiger partial charge is 0.295 e. The van der Waals surface area contributed by atoms with Crippen LogP contribution in [0.1, 0.15) is 29.2 Å². The lowest BCUT2D eigenvalue weighted by Crippen LogP contribution is -2.38. The highest BCUT2D eigenvalue weighted by Gasteiger charge is 2.45. The number of morpholine rings is 1. The molecule has 0 unspecified atom stereocenters. The van der Waals surface area contributed by atoms with E-state index < -0.39 is 23.5 Å². The fraction of sp³-hybridized carbons (Fsp3) is 0.385. The van der Waals surface area contributed by atoms with E-state index in [0.29, 0.717) is 43.1 Å². The summed E-state index contributed by atoms with van der Waals surface area (Å²) in [6, 6.07) is 9.95. The number of nitrogens with zero attached hydrogens (tertiary/aromatic N) is 2. The van der Waals surface area contributed by atoms with Crippen LogP contribution in [0.3, 0.4) is 0 Å². The molecule has 2 fully saturated rings. The highest BCUT2D eigenvalue weighted by atomic mass is 19.1. The van der Waals surface area contributed by atoms with E-state index in [9.17, 15) is 19.1 Å². The summed E-state index contributed by atoms with van der Waals surface area (Å²) in [7, 11) is 1.55. The number of aliphatic hydroxyl groups excluding tert-OH is 1. The molecule has 2 aromatic rings. The molecule has 4 rings (SSSR count). The number of halogens is 1. The second-order valence-corrected chi connectivity index (χ2v) is 8.54. The number of ketones is 1. The van der Waals surface area contributed by atoms with E-state index in [-0.39, 0.29) is 11.3 Å². The van der Waals surface area contributed by atoms with Crippen molar-refractivity contribution in [1.82, 2.24) is 9.80 Å². The number of aliphatic hydroxyl groups is 1. The number of ether oxygens (including phenoxy) is 2. The fourth-order valence-electron chi connectivity index (χ4n) is 4.57. The number of hydrogen-bond acceptors (Lipinski definition) is 6. The molecule has 8 heteroatoms. The third-order valence-corrected chi connectivity index (χ3v) is 6.37. The third-order valence-electron chi connectivity index (χ3n) is 6.37. The van der Waals surface area contributed by atoms with Crippen LogP contribution in [-0.4, -0.2) is 73.1 Å². The van der Waals surface area contributed by atoms with Crippen molar-refractivity contribution in [2.45, 2.75) is 19.4 Å². The van der Waals surface area contributed by atoms with Gasteiger partial charge in [0.05, 0.1) is 31.9 Å². The summed E-state index contributed by atoms with van der Waals surface area (Å²) in [4.78, 5) is 29.9. The quantitative estimate of drug-likeness (QED) is 0.382. The topological polar surface area (TPSA) is 79.3 Å². The zero-order chi connectivity index (χ0) is 24.2. The summed E-state index contributed by atoms with van der Waals surface area (Å²) in [6.07, 6.45) is 0.659. The van der Waals surface area contributed by atoms with Crippen molar-refractivity contribution in [1.29, 1.82) is 0 Å². The molecule has 2 saturated heterocycles. The summed E-state index contributed by atoms with van der Waals surface area (Å²) in [5.41, 5.74) is 1.77. The van der Waals surface area contributed by atoms with Crippen molar-refractivity contribution in [3.05, 3.63) is 70.5 Å². The summed E-state index contributed by atoms with van der Waals surface area (Å²) < 4.78 is 24.3. The molecular formula is C26H29FN2O5. The monoisotopic (exact) mass is 468 g/mol. The number of rotatable bonds is 7. The molecule has 1 atom stereocenters. The molecule has 2 heterocycles. The standard InChI is InChI=1S/C26H29FN2O5/c1-17-16-19(6-9-21(17)33-2)24(30)22-23(18-4-7-20(27)8-5-18)29(26(32)25(22)31)11-3-10-28-12-14-34-15-13-28/h4-9,16,23,30H,3,10-15H2,1-2H3/t23-/m1/s1. The lowest BCUT2D eigenvalue weighted by molar-refractivity contribution is -0.140. The van der Waals surface area contributed by atoms with Gasteiger partial charge in [0, 0.05) is 31.7 Å². The summed E-state index contributed by atoms with van der Waals surface area (Å²) in [6.45, 7) is 5.96. The number of carbonyl (C=O) groups is 2. The number of hydrogen-bond donors (Lipinski definition) is 1. The van der Waals surface area contributed by atoms with Gasteiger partial charge in [-0.05, 0) is 54.8 Å². The Morgan fingerprint density at radius 1 is 1.12 bits per heavy atom. The molecule has 0 spiro atoms. The molecule has 34 heavy (non-hydrogen) atoms. The molecule has 1 N–H and O–H groups in total. The van der Waals surface area contributed by atoms with Gasteiger partial charge in [0.1, 0.15) is 17.3 Å². The first kappa shape index (κ1) is 23.9. The van der Waals surface area contributed by atoms with Crippen LogP contribution in [0.15, 0.2) is 48.0 Å². The number of aryl methyl sites for hydroxylation is 1. The van der Waals surface area contributed by atoms with Crippen LogP contribution >= 0.6 is 0 Å². The van der Waals surface area contributed by atoms with Gasteiger partial charge in [-0.15, -0.1) is 0 Å².